The number of aromatic nitrogens is 3. The van der Waals surface area contributed by atoms with Gasteiger partial charge >= 0.3 is 0 Å². The highest BCUT2D eigenvalue weighted by atomic mass is 15.1. The largest absolute Gasteiger partial charge is 0.393 e. The van der Waals surface area contributed by atoms with E-state index in [9.17, 15) is 0 Å². The van der Waals surface area contributed by atoms with E-state index in [1.54, 1.807) is 0 Å². The molecule has 6 nitrogen and oxygen atoms in total. The van der Waals surface area contributed by atoms with Gasteiger partial charge in [0.25, 0.3) is 0 Å². The number of fused-ring (bicyclic) bond motifs is 1. The fourth-order valence-corrected chi connectivity index (χ4v) is 2.86. The first kappa shape index (κ1) is 16.8. The molecule has 2 heterocycles. The highest BCUT2D eigenvalue weighted by Crippen LogP contribution is 2.31. The summed E-state index contributed by atoms with van der Waals surface area (Å²) in [6.07, 6.45) is 1.49. The Hall–Kier alpha value is -3.67. The van der Waals surface area contributed by atoms with Crippen LogP contribution in [0.1, 0.15) is 11.3 Å². The Kier molecular flexibility index (Phi) is 4.30. The highest BCUT2D eigenvalue weighted by molar-refractivity contribution is 5.94. The molecule has 0 radical (unpaired) electrons. The first-order valence-electron chi connectivity index (χ1n) is 8.68. The van der Waals surface area contributed by atoms with Crippen molar-refractivity contribution < 1.29 is 0 Å². The third kappa shape index (κ3) is 3.50. The third-order valence-corrected chi connectivity index (χ3v) is 4.32. The molecular weight excluding hydrogens is 336 g/mol. The van der Waals surface area contributed by atoms with Crippen molar-refractivity contribution in [1.82, 2.24) is 15.0 Å². The van der Waals surface area contributed by atoms with Gasteiger partial charge < -0.3 is 16.4 Å². The minimum absolute atomic E-state index is 0.454. The average Bonchev–Trinajstić information content (AvgIpc) is 2.66. The summed E-state index contributed by atoms with van der Waals surface area (Å²) in [4.78, 5) is 13.1. The van der Waals surface area contributed by atoms with E-state index < -0.39 is 0 Å². The van der Waals surface area contributed by atoms with Gasteiger partial charge in [0, 0.05) is 22.5 Å². The van der Waals surface area contributed by atoms with Crippen LogP contribution in [0, 0.1) is 13.8 Å². The lowest BCUT2D eigenvalue weighted by Gasteiger charge is -2.14. The Labute approximate surface area is 157 Å². The summed E-state index contributed by atoms with van der Waals surface area (Å²) in [5.41, 5.74) is 11.7. The van der Waals surface area contributed by atoms with Crippen LogP contribution in [-0.2, 0) is 0 Å². The van der Waals surface area contributed by atoms with Crippen molar-refractivity contribution in [1.29, 1.82) is 0 Å². The van der Waals surface area contributed by atoms with Crippen molar-refractivity contribution in [3.8, 4) is 0 Å². The Morgan fingerprint density at radius 3 is 2.33 bits per heavy atom. The third-order valence-electron chi connectivity index (χ3n) is 4.32. The predicted molar refractivity (Wildman–Crippen MR) is 111 cm³/mol. The highest BCUT2D eigenvalue weighted by Gasteiger charge is 2.10. The number of rotatable bonds is 4. The normalized spacial score (nSPS) is 10.7. The van der Waals surface area contributed by atoms with Crippen LogP contribution in [0.2, 0.25) is 0 Å². The quantitative estimate of drug-likeness (QED) is 0.491. The molecule has 0 atom stereocenters. The number of hydrogen-bond acceptors (Lipinski definition) is 6. The molecule has 134 valence electrons. The number of nitrogens with two attached hydrogens (primary N) is 1. The van der Waals surface area contributed by atoms with Gasteiger partial charge in [0.2, 0.25) is 0 Å². The smallest absolute Gasteiger partial charge is 0.159 e. The van der Waals surface area contributed by atoms with Gasteiger partial charge in [-0.1, -0.05) is 23.8 Å². The van der Waals surface area contributed by atoms with Crippen LogP contribution in [0.25, 0.3) is 10.9 Å². The van der Waals surface area contributed by atoms with E-state index in [4.69, 9.17) is 5.73 Å². The van der Waals surface area contributed by atoms with E-state index in [1.165, 1.54) is 11.9 Å². The molecule has 2 aromatic heterocycles. The molecule has 4 aromatic rings. The van der Waals surface area contributed by atoms with Crippen molar-refractivity contribution in [2.24, 2.45) is 0 Å². The molecule has 0 aliphatic heterocycles. The molecule has 2 aromatic carbocycles. The van der Waals surface area contributed by atoms with Crippen molar-refractivity contribution in [3.05, 3.63) is 72.2 Å². The van der Waals surface area contributed by atoms with E-state index in [0.29, 0.717) is 17.3 Å². The van der Waals surface area contributed by atoms with E-state index >= 15 is 0 Å². The van der Waals surface area contributed by atoms with Crippen molar-refractivity contribution >= 4 is 39.6 Å². The van der Waals surface area contributed by atoms with Crippen molar-refractivity contribution in [2.75, 3.05) is 16.4 Å². The molecule has 0 saturated heterocycles. The van der Waals surface area contributed by atoms with Crippen LogP contribution in [-0.4, -0.2) is 15.0 Å². The van der Waals surface area contributed by atoms with Crippen LogP contribution < -0.4 is 16.4 Å². The van der Waals surface area contributed by atoms with E-state index in [-0.39, 0.29) is 0 Å². The van der Waals surface area contributed by atoms with Crippen molar-refractivity contribution in [2.45, 2.75) is 13.8 Å². The molecule has 4 N–H and O–H groups in total. The number of hydrogen-bond donors (Lipinski definition) is 3. The molecule has 4 rings (SSSR count). The second kappa shape index (κ2) is 6.92. The van der Waals surface area contributed by atoms with E-state index in [0.717, 1.165) is 28.0 Å². The van der Waals surface area contributed by atoms with Gasteiger partial charge in [0.05, 0.1) is 5.52 Å². The van der Waals surface area contributed by atoms with Gasteiger partial charge in [-0.25, -0.2) is 9.97 Å². The lowest BCUT2D eigenvalue weighted by Crippen LogP contribution is -2.05. The molecule has 0 unspecified atom stereocenters. The zero-order valence-corrected chi connectivity index (χ0v) is 15.2. The average molecular weight is 356 g/mol. The lowest BCUT2D eigenvalue weighted by atomic mass is 10.1. The number of benzene rings is 2. The van der Waals surface area contributed by atoms with Gasteiger partial charge in [-0.2, -0.15) is 0 Å². The van der Waals surface area contributed by atoms with Gasteiger partial charge in [0.15, 0.2) is 11.6 Å². The maximum Gasteiger partial charge on any atom is 0.159 e. The van der Waals surface area contributed by atoms with Crippen LogP contribution in [0.5, 0.6) is 0 Å². The molecule has 0 spiro atoms. The zero-order valence-electron chi connectivity index (χ0n) is 15.2. The van der Waals surface area contributed by atoms with E-state index in [2.05, 4.69) is 25.6 Å². The topological polar surface area (TPSA) is 88.8 Å². The molecule has 0 amide bonds. The summed E-state index contributed by atoms with van der Waals surface area (Å²) < 4.78 is 0. The van der Waals surface area contributed by atoms with Crippen molar-refractivity contribution in [3.63, 3.8) is 0 Å². The Morgan fingerprint density at radius 1 is 0.815 bits per heavy atom. The number of pyridine rings is 1. The second-order valence-electron chi connectivity index (χ2n) is 6.43. The number of nitrogens with zero attached hydrogens (tertiary/aromatic N) is 3. The summed E-state index contributed by atoms with van der Waals surface area (Å²) in [6, 6.07) is 18.0. The van der Waals surface area contributed by atoms with Gasteiger partial charge in [-0.15, -0.1) is 0 Å². The first-order chi connectivity index (χ1) is 13.1. The SMILES string of the molecule is Cc1ccc(Nc2ncnc(Nc3cccc4nc(C)ccc34)c2N)cc1. The number of aryl methyl sites for hydroxylation is 2. The Balaban J connectivity index is 1.66. The summed E-state index contributed by atoms with van der Waals surface area (Å²) >= 11 is 0. The molecule has 0 aliphatic rings. The van der Waals surface area contributed by atoms with Gasteiger partial charge in [-0.3, -0.25) is 4.98 Å². The maximum absolute atomic E-state index is 6.31. The fraction of sp³-hybridized carbons (Fsp3) is 0.0952. The fourth-order valence-electron chi connectivity index (χ4n) is 2.86. The predicted octanol–water partition coefficient (Wildman–Crippen LogP) is 4.71. The minimum Gasteiger partial charge on any atom is -0.393 e. The first-order valence-corrected chi connectivity index (χ1v) is 8.68. The molecular formula is C21H20N6. The molecule has 27 heavy (non-hydrogen) atoms. The standard InChI is InChI=1S/C21H20N6/c1-13-6-9-15(10-7-13)26-20-19(22)21(24-12-23-20)27-18-5-3-4-17-16(18)11-8-14(2)25-17/h3-12H,22H2,1-2H3,(H2,23,24,26,27). The maximum atomic E-state index is 6.31. The van der Waals surface area contributed by atoms with Gasteiger partial charge in [-0.05, 0) is 50.2 Å². The minimum atomic E-state index is 0.454. The Morgan fingerprint density at radius 2 is 1.56 bits per heavy atom. The summed E-state index contributed by atoms with van der Waals surface area (Å²) in [5.74, 6) is 1.11. The summed E-state index contributed by atoms with van der Waals surface area (Å²) in [5, 5.41) is 7.56. The molecule has 0 aliphatic carbocycles. The van der Waals surface area contributed by atoms with Crippen LogP contribution >= 0.6 is 0 Å². The monoisotopic (exact) mass is 356 g/mol. The number of anilines is 5. The summed E-state index contributed by atoms with van der Waals surface area (Å²) in [6.45, 7) is 4.02. The van der Waals surface area contributed by atoms with E-state index in [1.807, 2.05) is 68.4 Å². The zero-order chi connectivity index (χ0) is 18.8. The van der Waals surface area contributed by atoms with Gasteiger partial charge in [0.1, 0.15) is 12.0 Å². The lowest BCUT2D eigenvalue weighted by molar-refractivity contribution is 1.17. The molecule has 0 saturated carbocycles. The summed E-state index contributed by atoms with van der Waals surface area (Å²) in [7, 11) is 0. The second-order valence-corrected chi connectivity index (χ2v) is 6.43. The molecule has 6 heteroatoms. The molecule has 0 bridgehead atoms. The van der Waals surface area contributed by atoms with Crippen LogP contribution in [0.4, 0.5) is 28.7 Å². The van der Waals surface area contributed by atoms with Crippen LogP contribution in [0.15, 0.2) is 60.9 Å². The number of nitrogens with one attached hydrogen (secondary N) is 2. The molecule has 0 fully saturated rings. The number of nitrogen functional groups attached to an aromatic ring is 1. The Bertz CT molecular complexity index is 1110. The van der Waals surface area contributed by atoms with Crippen LogP contribution in [0.3, 0.4) is 0 Å².